The number of rotatable bonds is 2. The lowest BCUT2D eigenvalue weighted by molar-refractivity contribution is 0.109. The Kier molecular flexibility index (Phi) is 1.93. The van der Waals surface area contributed by atoms with Crippen molar-refractivity contribution < 1.29 is 22.7 Å². The van der Waals surface area contributed by atoms with Gasteiger partial charge in [0, 0.05) is 6.26 Å². The number of carbonyl (C=O) groups is 1. The highest BCUT2D eigenvalue weighted by Gasteiger charge is 2.21. The maximum Gasteiger partial charge on any atom is 0.188 e. The average Bonchev–Trinajstić information content (AvgIpc) is 2.29. The highest BCUT2D eigenvalue weighted by Crippen LogP contribution is 2.26. The van der Waals surface area contributed by atoms with E-state index in [1.165, 1.54) is 0 Å². The minimum absolute atomic E-state index is 0.232. The molecule has 0 aliphatic carbocycles. The third kappa shape index (κ3) is 1.33. The van der Waals surface area contributed by atoms with Crippen LogP contribution in [0.5, 0.6) is 5.75 Å². The fraction of sp³-hybridized carbons (Fsp3) is 0.167. The van der Waals surface area contributed by atoms with Crippen molar-refractivity contribution in [3.8, 4) is 5.75 Å². The molecule has 0 saturated heterocycles. The highest BCUT2D eigenvalue weighted by atomic mass is 32.2. The van der Waals surface area contributed by atoms with Gasteiger partial charge in [0.15, 0.2) is 32.5 Å². The summed E-state index contributed by atoms with van der Waals surface area (Å²) >= 11 is 0. The number of hydrogen-bond donors (Lipinski definition) is 1. The van der Waals surface area contributed by atoms with Gasteiger partial charge in [0.05, 0.1) is 0 Å². The molecule has 1 N–H and O–H groups in total. The standard InChI is InChI=1S/C6H6O5S/c1-12(9,10)6-4(8)3-11-5(6)2-7/h2-3,8H,1H3. The molecule has 1 heterocycles. The lowest BCUT2D eigenvalue weighted by atomic mass is 10.5. The second-order valence-electron chi connectivity index (χ2n) is 2.20. The maximum atomic E-state index is 10.9. The molecular formula is C6H6O5S. The van der Waals surface area contributed by atoms with Crippen LogP contribution in [0, 0.1) is 0 Å². The monoisotopic (exact) mass is 190 g/mol. The molecule has 0 bridgehead atoms. The number of hydrogen-bond acceptors (Lipinski definition) is 5. The van der Waals surface area contributed by atoms with Crippen LogP contribution >= 0.6 is 0 Å². The van der Waals surface area contributed by atoms with Gasteiger partial charge in [-0.25, -0.2) is 8.42 Å². The Morgan fingerprint density at radius 1 is 1.58 bits per heavy atom. The second kappa shape index (κ2) is 2.63. The Balaban J connectivity index is 3.49. The van der Waals surface area contributed by atoms with Gasteiger partial charge in [-0.3, -0.25) is 4.79 Å². The predicted molar refractivity (Wildman–Crippen MR) is 38.9 cm³/mol. The summed E-state index contributed by atoms with van der Waals surface area (Å²) in [5.41, 5.74) is 0. The molecule has 0 atom stereocenters. The first-order valence-corrected chi connectivity index (χ1v) is 4.81. The summed E-state index contributed by atoms with van der Waals surface area (Å²) in [7, 11) is -3.61. The van der Waals surface area contributed by atoms with E-state index >= 15 is 0 Å². The SMILES string of the molecule is CS(=O)(=O)c1c(O)coc1C=O. The first kappa shape index (κ1) is 8.79. The lowest BCUT2D eigenvalue weighted by Crippen LogP contribution is -1.98. The van der Waals surface area contributed by atoms with Crippen LogP contribution in [-0.4, -0.2) is 26.1 Å². The molecule has 1 aromatic rings. The van der Waals surface area contributed by atoms with Crippen molar-refractivity contribution in [2.75, 3.05) is 6.26 Å². The first-order valence-electron chi connectivity index (χ1n) is 2.92. The molecule has 0 aliphatic rings. The van der Waals surface area contributed by atoms with Crippen molar-refractivity contribution >= 4 is 16.1 Å². The van der Waals surface area contributed by atoms with E-state index in [-0.39, 0.29) is 12.0 Å². The van der Waals surface area contributed by atoms with E-state index in [1.54, 1.807) is 0 Å². The summed E-state index contributed by atoms with van der Waals surface area (Å²) in [5, 5.41) is 8.97. The maximum absolute atomic E-state index is 10.9. The molecule has 0 radical (unpaired) electrons. The molecule has 0 unspecified atom stereocenters. The van der Waals surface area contributed by atoms with Crippen LogP contribution in [0.4, 0.5) is 0 Å². The van der Waals surface area contributed by atoms with Gasteiger partial charge in [-0.15, -0.1) is 0 Å². The number of aldehydes is 1. The van der Waals surface area contributed by atoms with Crippen molar-refractivity contribution in [2.24, 2.45) is 0 Å². The van der Waals surface area contributed by atoms with Crippen molar-refractivity contribution in [3.05, 3.63) is 12.0 Å². The van der Waals surface area contributed by atoms with E-state index in [2.05, 4.69) is 4.42 Å². The number of furan rings is 1. The zero-order chi connectivity index (χ0) is 9.35. The number of aromatic hydroxyl groups is 1. The smallest absolute Gasteiger partial charge is 0.188 e. The van der Waals surface area contributed by atoms with Gasteiger partial charge in [-0.1, -0.05) is 0 Å². The Morgan fingerprint density at radius 2 is 2.17 bits per heavy atom. The molecule has 12 heavy (non-hydrogen) atoms. The van der Waals surface area contributed by atoms with Crippen LogP contribution < -0.4 is 0 Å². The molecule has 0 aromatic carbocycles. The fourth-order valence-corrected chi connectivity index (χ4v) is 1.70. The normalized spacial score (nSPS) is 11.4. The second-order valence-corrected chi connectivity index (χ2v) is 4.16. The van der Waals surface area contributed by atoms with Gasteiger partial charge >= 0.3 is 0 Å². The Labute approximate surface area is 68.5 Å². The van der Waals surface area contributed by atoms with Crippen molar-refractivity contribution in [3.63, 3.8) is 0 Å². The molecule has 6 heteroatoms. The quantitative estimate of drug-likeness (QED) is 0.673. The molecular weight excluding hydrogens is 184 g/mol. The van der Waals surface area contributed by atoms with Crippen molar-refractivity contribution in [1.29, 1.82) is 0 Å². The summed E-state index contributed by atoms with van der Waals surface area (Å²) in [6.45, 7) is 0. The van der Waals surface area contributed by atoms with Gasteiger partial charge in [0.25, 0.3) is 0 Å². The van der Waals surface area contributed by atoms with E-state index in [4.69, 9.17) is 5.11 Å². The van der Waals surface area contributed by atoms with Crippen LogP contribution in [-0.2, 0) is 9.84 Å². The van der Waals surface area contributed by atoms with Gasteiger partial charge in [-0.05, 0) is 0 Å². The molecule has 1 rings (SSSR count). The zero-order valence-electron chi connectivity index (χ0n) is 6.14. The Bertz CT molecular complexity index is 400. The lowest BCUT2D eigenvalue weighted by Gasteiger charge is -1.93. The number of sulfone groups is 1. The van der Waals surface area contributed by atoms with Gasteiger partial charge in [0.1, 0.15) is 6.26 Å². The average molecular weight is 190 g/mol. The van der Waals surface area contributed by atoms with E-state index in [0.29, 0.717) is 0 Å². The topological polar surface area (TPSA) is 84.6 Å². The number of carbonyl (C=O) groups excluding carboxylic acids is 1. The van der Waals surface area contributed by atoms with E-state index in [9.17, 15) is 13.2 Å². The molecule has 1 aromatic heterocycles. The van der Waals surface area contributed by atoms with Crippen LogP contribution in [0.1, 0.15) is 10.6 Å². The Hall–Kier alpha value is -1.30. The summed E-state index contributed by atoms with van der Waals surface area (Å²) < 4.78 is 26.3. The fourth-order valence-electron chi connectivity index (χ4n) is 0.807. The van der Waals surface area contributed by atoms with Crippen molar-refractivity contribution in [1.82, 2.24) is 0 Å². The van der Waals surface area contributed by atoms with Crippen LogP contribution in [0.25, 0.3) is 0 Å². The zero-order valence-corrected chi connectivity index (χ0v) is 6.96. The largest absolute Gasteiger partial charge is 0.504 e. The summed E-state index contributed by atoms with van der Waals surface area (Å²) in [6, 6.07) is 0. The molecule has 0 aliphatic heterocycles. The third-order valence-corrected chi connectivity index (χ3v) is 2.38. The molecule has 0 fully saturated rings. The van der Waals surface area contributed by atoms with Gasteiger partial charge < -0.3 is 9.52 Å². The van der Waals surface area contributed by atoms with E-state index < -0.39 is 20.5 Å². The van der Waals surface area contributed by atoms with Crippen LogP contribution in [0.3, 0.4) is 0 Å². The van der Waals surface area contributed by atoms with Crippen molar-refractivity contribution in [2.45, 2.75) is 4.90 Å². The third-order valence-electron chi connectivity index (χ3n) is 1.23. The van der Waals surface area contributed by atoms with Crippen LogP contribution in [0.2, 0.25) is 0 Å². The summed E-state index contributed by atoms with van der Waals surface area (Å²) in [5.74, 6) is -0.922. The van der Waals surface area contributed by atoms with Gasteiger partial charge in [0.2, 0.25) is 0 Å². The molecule has 0 saturated carbocycles. The first-order chi connectivity index (χ1) is 5.46. The van der Waals surface area contributed by atoms with Gasteiger partial charge in [-0.2, -0.15) is 0 Å². The summed E-state index contributed by atoms with van der Waals surface area (Å²) in [4.78, 5) is 9.76. The minimum atomic E-state index is -3.61. The Morgan fingerprint density at radius 3 is 2.50 bits per heavy atom. The molecule has 66 valence electrons. The minimum Gasteiger partial charge on any atom is -0.504 e. The molecule has 0 spiro atoms. The highest BCUT2D eigenvalue weighted by molar-refractivity contribution is 7.90. The van der Waals surface area contributed by atoms with Crippen LogP contribution in [0.15, 0.2) is 15.6 Å². The van der Waals surface area contributed by atoms with E-state index in [0.717, 1.165) is 12.5 Å². The predicted octanol–water partition coefficient (Wildman–Crippen LogP) is 0.201. The summed E-state index contributed by atoms with van der Waals surface area (Å²) in [6.07, 6.45) is 1.92. The molecule has 0 amide bonds. The van der Waals surface area contributed by atoms with E-state index in [1.807, 2.05) is 0 Å². The molecule has 5 nitrogen and oxygen atoms in total.